The molecule has 0 saturated carbocycles. The highest BCUT2D eigenvalue weighted by molar-refractivity contribution is 9.10. The number of carbonyl (C=O) groups is 1. The van der Waals surface area contributed by atoms with Crippen LogP contribution in [0.2, 0.25) is 0 Å². The standard InChI is InChI=1S/C13H12BrNO5S/c14-12-4-3-11(20-12)13(16)15-6-10(7-15)21(17,18)8-9-2-1-5-19-9/h1-5,10H,6-8H2. The minimum Gasteiger partial charge on any atom is -0.468 e. The monoisotopic (exact) mass is 373 g/mol. The lowest BCUT2D eigenvalue weighted by atomic mass is 10.2. The van der Waals surface area contributed by atoms with Gasteiger partial charge in [0.2, 0.25) is 0 Å². The Hall–Kier alpha value is -1.54. The Morgan fingerprint density at radius 3 is 2.67 bits per heavy atom. The predicted molar refractivity (Wildman–Crippen MR) is 77.4 cm³/mol. The molecule has 1 amide bonds. The SMILES string of the molecule is O=C(c1ccc(Br)o1)N1CC(S(=O)(=O)Cc2ccco2)C1. The van der Waals surface area contributed by atoms with Gasteiger partial charge in [0, 0.05) is 13.1 Å². The van der Waals surface area contributed by atoms with Crippen molar-refractivity contribution in [1.82, 2.24) is 4.90 Å². The molecule has 6 nitrogen and oxygen atoms in total. The molecule has 3 heterocycles. The molecule has 0 N–H and O–H groups in total. The van der Waals surface area contributed by atoms with Crippen LogP contribution in [-0.4, -0.2) is 37.6 Å². The molecule has 1 fully saturated rings. The molecule has 1 aliphatic rings. The molecule has 0 aliphatic carbocycles. The van der Waals surface area contributed by atoms with E-state index in [4.69, 9.17) is 8.83 Å². The fourth-order valence-corrected chi connectivity index (χ4v) is 4.04. The second-order valence-corrected chi connectivity index (χ2v) is 7.89. The minimum absolute atomic E-state index is 0.140. The number of amides is 1. The highest BCUT2D eigenvalue weighted by Crippen LogP contribution is 2.24. The second-order valence-electron chi connectivity index (χ2n) is 4.82. The molecule has 3 rings (SSSR count). The summed E-state index contributed by atoms with van der Waals surface area (Å²) in [6, 6.07) is 6.45. The second kappa shape index (κ2) is 5.34. The van der Waals surface area contributed by atoms with Gasteiger partial charge in [-0.1, -0.05) is 0 Å². The molecule has 0 unspecified atom stereocenters. The van der Waals surface area contributed by atoms with E-state index < -0.39 is 15.1 Å². The Morgan fingerprint density at radius 1 is 1.33 bits per heavy atom. The summed E-state index contributed by atoms with van der Waals surface area (Å²) in [6.45, 7) is 0.361. The maximum absolute atomic E-state index is 12.2. The molecule has 0 radical (unpaired) electrons. The van der Waals surface area contributed by atoms with Crippen LogP contribution in [0.15, 0.2) is 44.0 Å². The molecule has 1 saturated heterocycles. The fourth-order valence-electron chi connectivity index (χ4n) is 2.13. The van der Waals surface area contributed by atoms with E-state index in [0.29, 0.717) is 10.4 Å². The molecule has 2 aromatic rings. The van der Waals surface area contributed by atoms with Crippen molar-refractivity contribution in [1.29, 1.82) is 0 Å². The van der Waals surface area contributed by atoms with Crippen LogP contribution in [-0.2, 0) is 15.6 Å². The Balaban J connectivity index is 1.61. The zero-order chi connectivity index (χ0) is 15.0. The van der Waals surface area contributed by atoms with Crippen LogP contribution >= 0.6 is 15.9 Å². The van der Waals surface area contributed by atoms with Crippen molar-refractivity contribution in [3.63, 3.8) is 0 Å². The molecular weight excluding hydrogens is 362 g/mol. The molecular formula is C13H12BrNO5S. The Bertz CT molecular complexity index is 743. The Labute approximate surface area is 129 Å². The maximum Gasteiger partial charge on any atom is 0.289 e. The van der Waals surface area contributed by atoms with Crippen LogP contribution in [0.5, 0.6) is 0 Å². The van der Waals surface area contributed by atoms with Crippen molar-refractivity contribution in [2.45, 2.75) is 11.0 Å². The van der Waals surface area contributed by atoms with Gasteiger partial charge in [-0.2, -0.15) is 0 Å². The van der Waals surface area contributed by atoms with Crippen molar-refractivity contribution in [3.05, 3.63) is 46.7 Å². The van der Waals surface area contributed by atoms with Gasteiger partial charge in [0.05, 0.1) is 11.5 Å². The molecule has 1 aliphatic heterocycles. The number of sulfone groups is 1. The van der Waals surface area contributed by atoms with E-state index in [-0.39, 0.29) is 30.5 Å². The highest BCUT2D eigenvalue weighted by Gasteiger charge is 2.40. The van der Waals surface area contributed by atoms with Gasteiger partial charge < -0.3 is 13.7 Å². The van der Waals surface area contributed by atoms with Gasteiger partial charge in [-0.25, -0.2) is 8.42 Å². The first-order chi connectivity index (χ1) is 9.95. The van der Waals surface area contributed by atoms with E-state index in [1.54, 1.807) is 24.3 Å². The molecule has 8 heteroatoms. The van der Waals surface area contributed by atoms with Gasteiger partial charge in [0.25, 0.3) is 5.91 Å². The van der Waals surface area contributed by atoms with Gasteiger partial charge in [-0.15, -0.1) is 0 Å². The van der Waals surface area contributed by atoms with Crippen molar-refractivity contribution in [2.75, 3.05) is 13.1 Å². The van der Waals surface area contributed by atoms with E-state index in [1.165, 1.54) is 11.2 Å². The predicted octanol–water partition coefficient (Wildman–Crippen LogP) is 2.07. The van der Waals surface area contributed by atoms with E-state index in [2.05, 4.69) is 15.9 Å². The third kappa shape index (κ3) is 2.91. The maximum atomic E-state index is 12.2. The number of furan rings is 2. The van der Waals surface area contributed by atoms with Gasteiger partial charge in [0.1, 0.15) is 11.5 Å². The third-order valence-corrected chi connectivity index (χ3v) is 5.78. The molecule has 112 valence electrons. The molecule has 0 spiro atoms. The zero-order valence-electron chi connectivity index (χ0n) is 10.9. The number of likely N-dealkylation sites (tertiary alicyclic amines) is 1. The van der Waals surface area contributed by atoms with Gasteiger partial charge in [0.15, 0.2) is 20.3 Å². The van der Waals surface area contributed by atoms with Crippen LogP contribution < -0.4 is 0 Å². The fraction of sp³-hybridized carbons (Fsp3) is 0.308. The summed E-state index contributed by atoms with van der Waals surface area (Å²) in [7, 11) is -3.32. The Morgan fingerprint density at radius 2 is 2.10 bits per heavy atom. The summed E-state index contributed by atoms with van der Waals surface area (Å²) in [5.74, 6) is 0.169. The number of nitrogens with zero attached hydrogens (tertiary/aromatic N) is 1. The number of hydrogen-bond donors (Lipinski definition) is 0. The van der Waals surface area contributed by atoms with Crippen molar-refractivity contribution in [2.24, 2.45) is 0 Å². The summed E-state index contributed by atoms with van der Waals surface area (Å²) in [6.07, 6.45) is 1.44. The topological polar surface area (TPSA) is 80.7 Å². The third-order valence-electron chi connectivity index (χ3n) is 3.35. The zero-order valence-corrected chi connectivity index (χ0v) is 13.3. The van der Waals surface area contributed by atoms with E-state index in [0.717, 1.165) is 0 Å². The van der Waals surface area contributed by atoms with Crippen molar-refractivity contribution in [3.8, 4) is 0 Å². The lowest BCUT2D eigenvalue weighted by Gasteiger charge is -2.37. The summed E-state index contributed by atoms with van der Waals surface area (Å²) < 4.78 is 35.0. The summed E-state index contributed by atoms with van der Waals surface area (Å²) in [5.41, 5.74) is 0. The minimum atomic E-state index is -3.32. The van der Waals surface area contributed by atoms with E-state index in [9.17, 15) is 13.2 Å². The first kappa shape index (κ1) is 14.4. The average Bonchev–Trinajstić information content (AvgIpc) is 2.97. The van der Waals surface area contributed by atoms with Crippen molar-refractivity contribution >= 4 is 31.7 Å². The smallest absolute Gasteiger partial charge is 0.289 e. The first-order valence-electron chi connectivity index (χ1n) is 6.24. The van der Waals surface area contributed by atoms with E-state index in [1.807, 2.05) is 0 Å². The average molecular weight is 374 g/mol. The molecule has 2 aromatic heterocycles. The first-order valence-corrected chi connectivity index (χ1v) is 8.75. The quantitative estimate of drug-likeness (QED) is 0.819. The van der Waals surface area contributed by atoms with Crippen LogP contribution in [0.1, 0.15) is 16.3 Å². The lowest BCUT2D eigenvalue weighted by molar-refractivity contribution is 0.0624. The molecule has 0 atom stereocenters. The number of rotatable bonds is 4. The lowest BCUT2D eigenvalue weighted by Crippen LogP contribution is -2.57. The van der Waals surface area contributed by atoms with Gasteiger partial charge in [-0.3, -0.25) is 4.79 Å². The van der Waals surface area contributed by atoms with Gasteiger partial charge in [-0.05, 0) is 40.2 Å². The number of hydrogen-bond acceptors (Lipinski definition) is 5. The largest absolute Gasteiger partial charge is 0.468 e. The summed E-state index contributed by atoms with van der Waals surface area (Å²) in [4.78, 5) is 13.5. The summed E-state index contributed by atoms with van der Waals surface area (Å²) in [5, 5.41) is -0.551. The number of halogens is 1. The summed E-state index contributed by atoms with van der Waals surface area (Å²) >= 11 is 3.12. The van der Waals surface area contributed by atoms with Crippen LogP contribution in [0.4, 0.5) is 0 Å². The Kier molecular flexibility index (Phi) is 3.66. The molecule has 0 aromatic carbocycles. The normalized spacial score (nSPS) is 16.0. The number of carbonyl (C=O) groups excluding carboxylic acids is 1. The van der Waals surface area contributed by atoms with E-state index >= 15 is 0 Å². The van der Waals surface area contributed by atoms with Crippen LogP contribution in [0.25, 0.3) is 0 Å². The van der Waals surface area contributed by atoms with Crippen molar-refractivity contribution < 1.29 is 22.0 Å². The highest BCUT2D eigenvalue weighted by atomic mass is 79.9. The molecule has 0 bridgehead atoms. The van der Waals surface area contributed by atoms with Gasteiger partial charge >= 0.3 is 0 Å². The van der Waals surface area contributed by atoms with Crippen LogP contribution in [0.3, 0.4) is 0 Å². The van der Waals surface area contributed by atoms with Crippen LogP contribution in [0, 0.1) is 0 Å². The molecule has 21 heavy (non-hydrogen) atoms.